The minimum Gasteiger partial charge on any atom is -0.361 e. The number of likely N-dealkylation sites (tertiary alicyclic amines) is 1. The predicted octanol–water partition coefficient (Wildman–Crippen LogP) is 3.75. The molecule has 110 valence electrons. The van der Waals surface area contributed by atoms with Crippen LogP contribution in [0, 0.1) is 12.7 Å². The number of aromatic nitrogens is 1. The normalized spacial score (nSPS) is 18.2. The van der Waals surface area contributed by atoms with E-state index in [9.17, 15) is 9.18 Å². The first kappa shape index (κ1) is 14.1. The molecule has 1 fully saturated rings. The van der Waals surface area contributed by atoms with Crippen LogP contribution in [-0.4, -0.2) is 22.5 Å². The molecule has 3 rings (SSSR count). The summed E-state index contributed by atoms with van der Waals surface area (Å²) in [7, 11) is 0. The third-order valence-corrected chi connectivity index (χ3v) is 3.90. The first-order valence-corrected chi connectivity index (χ1v) is 7.13. The van der Waals surface area contributed by atoms with Gasteiger partial charge in [0.05, 0.1) is 11.6 Å². The number of benzene rings is 1. The fourth-order valence-electron chi connectivity index (χ4n) is 2.68. The van der Waals surface area contributed by atoms with Gasteiger partial charge in [-0.3, -0.25) is 4.79 Å². The van der Waals surface area contributed by atoms with Crippen molar-refractivity contribution in [2.24, 2.45) is 0 Å². The number of nitrogens with zero attached hydrogens (tertiary/aromatic N) is 2. The van der Waals surface area contributed by atoms with E-state index in [0.29, 0.717) is 18.0 Å². The van der Waals surface area contributed by atoms with Crippen molar-refractivity contribution in [3.8, 4) is 0 Å². The molecule has 4 nitrogen and oxygen atoms in total. The van der Waals surface area contributed by atoms with Crippen molar-refractivity contribution in [2.45, 2.75) is 25.8 Å². The SMILES string of the molecule is Cc1cc([C@H]2CCCN2C(=O)c2ccc(Cl)cc2F)no1. The highest BCUT2D eigenvalue weighted by Crippen LogP contribution is 2.33. The number of amides is 1. The molecule has 0 spiro atoms. The number of hydrogen-bond acceptors (Lipinski definition) is 3. The van der Waals surface area contributed by atoms with Crippen LogP contribution in [0.5, 0.6) is 0 Å². The summed E-state index contributed by atoms with van der Waals surface area (Å²) in [4.78, 5) is 14.2. The molecule has 0 saturated carbocycles. The van der Waals surface area contributed by atoms with Gasteiger partial charge in [-0.1, -0.05) is 16.8 Å². The Hall–Kier alpha value is -1.88. The van der Waals surface area contributed by atoms with E-state index in [1.165, 1.54) is 12.1 Å². The minimum absolute atomic E-state index is 0.0338. The summed E-state index contributed by atoms with van der Waals surface area (Å²) < 4.78 is 19.0. The van der Waals surface area contributed by atoms with Crippen LogP contribution in [-0.2, 0) is 0 Å². The summed E-state index contributed by atoms with van der Waals surface area (Å²) in [6.45, 7) is 2.38. The maximum absolute atomic E-state index is 13.9. The van der Waals surface area contributed by atoms with Gasteiger partial charge in [0.15, 0.2) is 0 Å². The summed E-state index contributed by atoms with van der Waals surface area (Å²) in [5, 5.41) is 4.25. The Morgan fingerprint density at radius 2 is 2.29 bits per heavy atom. The molecular formula is C15H14ClFN2O2. The Bertz CT molecular complexity index is 686. The zero-order valence-electron chi connectivity index (χ0n) is 11.5. The van der Waals surface area contributed by atoms with E-state index < -0.39 is 5.82 Å². The van der Waals surface area contributed by atoms with Crippen molar-refractivity contribution in [3.63, 3.8) is 0 Å². The van der Waals surface area contributed by atoms with Crippen molar-refractivity contribution in [2.75, 3.05) is 6.54 Å². The second-order valence-electron chi connectivity index (χ2n) is 5.14. The van der Waals surface area contributed by atoms with Crippen LogP contribution in [0.3, 0.4) is 0 Å². The summed E-state index contributed by atoms with van der Waals surface area (Å²) in [6.07, 6.45) is 1.66. The zero-order chi connectivity index (χ0) is 15.0. The molecule has 1 aliphatic rings. The highest BCUT2D eigenvalue weighted by molar-refractivity contribution is 6.30. The van der Waals surface area contributed by atoms with Gasteiger partial charge in [-0.2, -0.15) is 0 Å². The van der Waals surface area contributed by atoms with Crippen molar-refractivity contribution in [1.82, 2.24) is 10.1 Å². The standard InChI is InChI=1S/C15H14ClFN2O2/c1-9-7-13(18-21-9)14-3-2-6-19(14)15(20)11-5-4-10(16)8-12(11)17/h4-5,7-8,14H,2-3,6H2,1H3/t14-/m1/s1. The average Bonchev–Trinajstić information content (AvgIpc) is 3.06. The van der Waals surface area contributed by atoms with Crippen LogP contribution in [0.15, 0.2) is 28.8 Å². The lowest BCUT2D eigenvalue weighted by atomic mass is 10.1. The predicted molar refractivity (Wildman–Crippen MR) is 75.7 cm³/mol. The minimum atomic E-state index is -0.602. The smallest absolute Gasteiger partial charge is 0.257 e. The van der Waals surface area contributed by atoms with Crippen LogP contribution in [0.2, 0.25) is 5.02 Å². The zero-order valence-corrected chi connectivity index (χ0v) is 12.2. The molecule has 21 heavy (non-hydrogen) atoms. The van der Waals surface area contributed by atoms with Gasteiger partial charge < -0.3 is 9.42 Å². The maximum Gasteiger partial charge on any atom is 0.257 e. The summed E-state index contributed by atoms with van der Waals surface area (Å²) in [6, 6.07) is 5.74. The second kappa shape index (κ2) is 5.48. The van der Waals surface area contributed by atoms with Crippen molar-refractivity contribution in [1.29, 1.82) is 0 Å². The molecule has 2 heterocycles. The quantitative estimate of drug-likeness (QED) is 0.848. The third kappa shape index (κ3) is 2.65. The molecular weight excluding hydrogens is 295 g/mol. The van der Waals surface area contributed by atoms with E-state index in [0.717, 1.165) is 18.9 Å². The summed E-state index contributed by atoms with van der Waals surface area (Å²) >= 11 is 5.72. The molecule has 0 bridgehead atoms. The molecule has 1 atom stereocenters. The van der Waals surface area contributed by atoms with Crippen LogP contribution in [0.4, 0.5) is 4.39 Å². The fraction of sp³-hybridized carbons (Fsp3) is 0.333. The van der Waals surface area contributed by atoms with Gasteiger partial charge in [-0.15, -0.1) is 0 Å². The largest absolute Gasteiger partial charge is 0.361 e. The molecule has 1 amide bonds. The molecule has 1 aromatic heterocycles. The second-order valence-corrected chi connectivity index (χ2v) is 5.58. The van der Waals surface area contributed by atoms with Crippen LogP contribution in [0.1, 0.15) is 40.7 Å². The number of hydrogen-bond donors (Lipinski definition) is 0. The van der Waals surface area contributed by atoms with Gasteiger partial charge in [0.25, 0.3) is 5.91 Å². The number of carbonyl (C=O) groups excluding carboxylic acids is 1. The van der Waals surface area contributed by atoms with Gasteiger partial charge in [0.1, 0.15) is 17.3 Å². The van der Waals surface area contributed by atoms with E-state index in [4.69, 9.17) is 16.1 Å². The topological polar surface area (TPSA) is 46.3 Å². The molecule has 2 aromatic rings. The molecule has 1 aliphatic heterocycles. The number of rotatable bonds is 2. The molecule has 0 aliphatic carbocycles. The fourth-order valence-corrected chi connectivity index (χ4v) is 2.84. The van der Waals surface area contributed by atoms with Crippen molar-refractivity contribution in [3.05, 3.63) is 52.1 Å². The van der Waals surface area contributed by atoms with E-state index in [-0.39, 0.29) is 22.5 Å². The van der Waals surface area contributed by atoms with Gasteiger partial charge in [0, 0.05) is 17.6 Å². The Morgan fingerprint density at radius 1 is 1.48 bits per heavy atom. The molecule has 0 unspecified atom stereocenters. The van der Waals surface area contributed by atoms with Crippen LogP contribution < -0.4 is 0 Å². The highest BCUT2D eigenvalue weighted by atomic mass is 35.5. The molecule has 6 heteroatoms. The average molecular weight is 309 g/mol. The first-order valence-electron chi connectivity index (χ1n) is 6.75. The van der Waals surface area contributed by atoms with E-state index >= 15 is 0 Å². The van der Waals surface area contributed by atoms with Gasteiger partial charge in [-0.25, -0.2) is 4.39 Å². The van der Waals surface area contributed by atoms with Gasteiger partial charge >= 0.3 is 0 Å². The van der Waals surface area contributed by atoms with E-state index in [2.05, 4.69) is 5.16 Å². The van der Waals surface area contributed by atoms with Crippen LogP contribution >= 0.6 is 11.6 Å². The van der Waals surface area contributed by atoms with Crippen LogP contribution in [0.25, 0.3) is 0 Å². The number of aryl methyl sites for hydroxylation is 1. The van der Waals surface area contributed by atoms with Crippen molar-refractivity contribution >= 4 is 17.5 Å². The summed E-state index contributed by atoms with van der Waals surface area (Å²) in [5.41, 5.74) is 0.749. The lowest BCUT2D eigenvalue weighted by molar-refractivity contribution is 0.0726. The van der Waals surface area contributed by atoms with E-state index in [1.54, 1.807) is 11.8 Å². The molecule has 1 aromatic carbocycles. The summed E-state index contributed by atoms with van der Waals surface area (Å²) in [5.74, 6) is -0.247. The Kier molecular flexibility index (Phi) is 3.68. The Labute approximate surface area is 126 Å². The molecule has 1 saturated heterocycles. The lowest BCUT2D eigenvalue weighted by Crippen LogP contribution is -2.31. The third-order valence-electron chi connectivity index (χ3n) is 3.66. The van der Waals surface area contributed by atoms with Gasteiger partial charge in [-0.05, 0) is 38.0 Å². The van der Waals surface area contributed by atoms with E-state index in [1.807, 2.05) is 6.07 Å². The van der Waals surface area contributed by atoms with Crippen molar-refractivity contribution < 1.29 is 13.7 Å². The maximum atomic E-state index is 13.9. The monoisotopic (exact) mass is 308 g/mol. The first-order chi connectivity index (χ1) is 10.1. The molecule has 0 radical (unpaired) electrons. The Morgan fingerprint density at radius 3 is 2.95 bits per heavy atom. The number of halogens is 2. The number of carbonyl (C=O) groups is 1. The lowest BCUT2D eigenvalue weighted by Gasteiger charge is -2.23. The highest BCUT2D eigenvalue weighted by Gasteiger charge is 2.33. The Balaban J connectivity index is 1.89. The molecule has 0 N–H and O–H groups in total. The van der Waals surface area contributed by atoms with Gasteiger partial charge in [0.2, 0.25) is 0 Å².